The van der Waals surface area contributed by atoms with E-state index in [1.54, 1.807) is 6.92 Å². The Kier molecular flexibility index (Phi) is 4.79. The van der Waals surface area contributed by atoms with Gasteiger partial charge in [-0.25, -0.2) is 4.98 Å². The van der Waals surface area contributed by atoms with E-state index in [9.17, 15) is 13.5 Å². The fourth-order valence-electron chi connectivity index (χ4n) is 2.32. The third kappa shape index (κ3) is 3.38. The summed E-state index contributed by atoms with van der Waals surface area (Å²) >= 11 is 0. The van der Waals surface area contributed by atoms with Crippen LogP contribution < -0.4 is 4.72 Å². The molecule has 20 heavy (non-hydrogen) atoms. The summed E-state index contributed by atoms with van der Waals surface area (Å²) in [6.45, 7) is 3.89. The third-order valence-electron chi connectivity index (χ3n) is 3.57. The van der Waals surface area contributed by atoms with E-state index in [4.69, 9.17) is 4.42 Å². The molecule has 0 saturated carbocycles. The second kappa shape index (κ2) is 6.21. The van der Waals surface area contributed by atoms with Crippen LogP contribution in [-0.2, 0) is 16.8 Å². The zero-order valence-electron chi connectivity index (χ0n) is 11.8. The minimum absolute atomic E-state index is 0.0195. The van der Waals surface area contributed by atoms with Gasteiger partial charge < -0.3 is 9.52 Å². The molecule has 1 aromatic rings. The van der Waals surface area contributed by atoms with E-state index >= 15 is 0 Å². The van der Waals surface area contributed by atoms with Gasteiger partial charge in [0.05, 0.1) is 18.8 Å². The number of nitrogens with zero attached hydrogens (tertiary/aromatic N) is 2. The highest BCUT2D eigenvalue weighted by Gasteiger charge is 2.31. The monoisotopic (exact) mass is 303 g/mol. The second-order valence-corrected chi connectivity index (χ2v) is 6.73. The van der Waals surface area contributed by atoms with Crippen LogP contribution in [0.2, 0.25) is 0 Å². The Morgan fingerprint density at radius 2 is 2.20 bits per heavy atom. The molecular weight excluding hydrogens is 282 g/mol. The van der Waals surface area contributed by atoms with Crippen LogP contribution >= 0.6 is 0 Å². The predicted octanol–water partition coefficient (Wildman–Crippen LogP) is 0.473. The Labute approximate surface area is 119 Å². The highest BCUT2D eigenvalue weighted by Crippen LogP contribution is 2.19. The standard InChI is InChI=1S/C12H21N3O4S/c1-9-10(2)19-12(14-9)7-13-20(17,18)15-6-4-3-5-11(15)8-16/h11,13,16H,3-8H2,1-2H3. The fourth-order valence-corrected chi connectivity index (χ4v) is 3.73. The molecule has 2 rings (SSSR count). The topological polar surface area (TPSA) is 95.7 Å². The van der Waals surface area contributed by atoms with E-state index in [2.05, 4.69) is 9.71 Å². The molecule has 7 nitrogen and oxygen atoms in total. The number of nitrogens with one attached hydrogen (secondary N) is 1. The molecule has 1 saturated heterocycles. The largest absolute Gasteiger partial charge is 0.444 e. The van der Waals surface area contributed by atoms with E-state index in [1.807, 2.05) is 6.92 Å². The SMILES string of the molecule is Cc1nc(CNS(=O)(=O)N2CCCCC2CO)oc1C. The minimum Gasteiger partial charge on any atom is -0.444 e. The Morgan fingerprint density at radius 1 is 1.45 bits per heavy atom. The summed E-state index contributed by atoms with van der Waals surface area (Å²) in [5.41, 5.74) is 0.755. The lowest BCUT2D eigenvalue weighted by Crippen LogP contribution is -2.50. The van der Waals surface area contributed by atoms with Gasteiger partial charge in [0.25, 0.3) is 10.2 Å². The normalized spacial score (nSPS) is 21.2. The molecule has 1 atom stereocenters. The van der Waals surface area contributed by atoms with E-state index in [-0.39, 0.29) is 19.2 Å². The summed E-state index contributed by atoms with van der Waals surface area (Å²) in [6, 6.07) is -0.339. The van der Waals surface area contributed by atoms with Crippen LogP contribution in [0.3, 0.4) is 0 Å². The maximum Gasteiger partial charge on any atom is 0.280 e. The van der Waals surface area contributed by atoms with Gasteiger partial charge in [-0.3, -0.25) is 0 Å². The minimum atomic E-state index is -3.62. The summed E-state index contributed by atoms with van der Waals surface area (Å²) in [6.07, 6.45) is 2.44. The van der Waals surface area contributed by atoms with Gasteiger partial charge in [0.2, 0.25) is 5.89 Å². The fraction of sp³-hybridized carbons (Fsp3) is 0.750. The Morgan fingerprint density at radius 3 is 2.80 bits per heavy atom. The maximum atomic E-state index is 12.3. The lowest BCUT2D eigenvalue weighted by molar-refractivity contribution is 0.153. The summed E-state index contributed by atoms with van der Waals surface area (Å²) in [5.74, 6) is 1.03. The van der Waals surface area contributed by atoms with Gasteiger partial charge in [0.1, 0.15) is 5.76 Å². The first-order valence-corrected chi connectivity index (χ1v) is 8.18. The zero-order chi connectivity index (χ0) is 14.8. The van der Waals surface area contributed by atoms with Crippen molar-refractivity contribution < 1.29 is 17.9 Å². The molecule has 2 N–H and O–H groups in total. The predicted molar refractivity (Wildman–Crippen MR) is 73.2 cm³/mol. The number of hydrogen-bond donors (Lipinski definition) is 2. The van der Waals surface area contributed by atoms with Gasteiger partial charge in [-0.15, -0.1) is 0 Å². The van der Waals surface area contributed by atoms with Crippen molar-refractivity contribution in [1.82, 2.24) is 14.0 Å². The van der Waals surface area contributed by atoms with Crippen LogP contribution in [0.1, 0.15) is 36.6 Å². The molecule has 0 radical (unpaired) electrons. The van der Waals surface area contributed by atoms with Crippen molar-refractivity contribution in [3.05, 3.63) is 17.3 Å². The summed E-state index contributed by atoms with van der Waals surface area (Å²) in [7, 11) is -3.62. The number of aliphatic hydroxyl groups excluding tert-OH is 1. The first-order valence-electron chi connectivity index (χ1n) is 6.74. The van der Waals surface area contributed by atoms with E-state index in [1.165, 1.54) is 4.31 Å². The van der Waals surface area contributed by atoms with Crippen molar-refractivity contribution in [1.29, 1.82) is 0 Å². The molecule has 1 aliphatic rings. The average molecular weight is 303 g/mol. The summed E-state index contributed by atoms with van der Waals surface area (Å²) < 4.78 is 33.7. The quantitative estimate of drug-likeness (QED) is 0.824. The number of rotatable bonds is 5. The van der Waals surface area contributed by atoms with Crippen LogP contribution in [0, 0.1) is 13.8 Å². The molecule has 114 valence electrons. The molecule has 0 aliphatic carbocycles. The first kappa shape index (κ1) is 15.4. The van der Waals surface area contributed by atoms with Gasteiger partial charge in [0.15, 0.2) is 0 Å². The number of oxazole rings is 1. The lowest BCUT2D eigenvalue weighted by Gasteiger charge is -2.33. The van der Waals surface area contributed by atoms with Gasteiger partial charge in [-0.05, 0) is 26.7 Å². The molecule has 0 spiro atoms. The highest BCUT2D eigenvalue weighted by molar-refractivity contribution is 7.87. The van der Waals surface area contributed by atoms with Crippen molar-refractivity contribution in [3.63, 3.8) is 0 Å². The smallest absolute Gasteiger partial charge is 0.280 e. The van der Waals surface area contributed by atoms with Crippen molar-refractivity contribution in [2.45, 2.75) is 45.7 Å². The van der Waals surface area contributed by atoms with Gasteiger partial charge >= 0.3 is 0 Å². The van der Waals surface area contributed by atoms with Crippen molar-refractivity contribution in [2.75, 3.05) is 13.2 Å². The summed E-state index contributed by atoms with van der Waals surface area (Å²) in [4.78, 5) is 4.14. The molecule has 1 fully saturated rings. The molecule has 0 bridgehead atoms. The maximum absolute atomic E-state index is 12.3. The third-order valence-corrected chi connectivity index (χ3v) is 5.18. The van der Waals surface area contributed by atoms with Gasteiger partial charge in [-0.2, -0.15) is 17.4 Å². The highest BCUT2D eigenvalue weighted by atomic mass is 32.2. The molecule has 1 aromatic heterocycles. The molecule has 0 amide bonds. The van der Waals surface area contributed by atoms with E-state index in [0.717, 1.165) is 18.5 Å². The van der Waals surface area contributed by atoms with Crippen LogP contribution in [0.25, 0.3) is 0 Å². The molecule has 1 aliphatic heterocycles. The average Bonchev–Trinajstić information content (AvgIpc) is 2.76. The van der Waals surface area contributed by atoms with Gasteiger partial charge in [0, 0.05) is 12.6 Å². The zero-order valence-corrected chi connectivity index (χ0v) is 12.6. The molecule has 8 heteroatoms. The molecule has 0 aromatic carbocycles. The number of aryl methyl sites for hydroxylation is 2. The van der Waals surface area contributed by atoms with E-state index in [0.29, 0.717) is 24.6 Å². The Balaban J connectivity index is 2.02. The molecule has 2 heterocycles. The molecule has 1 unspecified atom stereocenters. The van der Waals surface area contributed by atoms with Gasteiger partial charge in [-0.1, -0.05) is 6.42 Å². The number of hydrogen-bond acceptors (Lipinski definition) is 5. The lowest BCUT2D eigenvalue weighted by atomic mass is 10.1. The second-order valence-electron chi connectivity index (χ2n) is 5.02. The van der Waals surface area contributed by atoms with Crippen LogP contribution in [-0.4, -0.2) is 42.0 Å². The van der Waals surface area contributed by atoms with Crippen LogP contribution in [0.15, 0.2) is 4.42 Å². The van der Waals surface area contributed by atoms with Crippen molar-refractivity contribution >= 4 is 10.2 Å². The molecular formula is C12H21N3O4S. The van der Waals surface area contributed by atoms with Crippen molar-refractivity contribution in [2.24, 2.45) is 0 Å². The first-order chi connectivity index (χ1) is 9.44. The van der Waals surface area contributed by atoms with Crippen molar-refractivity contribution in [3.8, 4) is 0 Å². The number of aliphatic hydroxyl groups is 1. The number of aromatic nitrogens is 1. The number of piperidine rings is 1. The Bertz CT molecular complexity index is 536. The van der Waals surface area contributed by atoms with E-state index < -0.39 is 10.2 Å². The van der Waals surface area contributed by atoms with Crippen LogP contribution in [0.4, 0.5) is 0 Å². The Hall–Kier alpha value is -0.960. The summed E-state index contributed by atoms with van der Waals surface area (Å²) in [5, 5.41) is 9.28. The van der Waals surface area contributed by atoms with Crippen LogP contribution in [0.5, 0.6) is 0 Å².